The molecule has 0 aromatic heterocycles. The van der Waals surface area contributed by atoms with Crippen LogP contribution in [0.5, 0.6) is 0 Å². The number of rotatable bonds is 2. The Hall–Kier alpha value is -2.61. The van der Waals surface area contributed by atoms with E-state index in [0.29, 0.717) is 27.9 Å². The lowest BCUT2D eigenvalue weighted by molar-refractivity contribution is -0.145. The summed E-state index contributed by atoms with van der Waals surface area (Å²) < 4.78 is 11.9. The number of hydrogen-bond acceptors (Lipinski definition) is 6. The minimum absolute atomic E-state index is 0.155. The zero-order chi connectivity index (χ0) is 22.0. The molecule has 0 unspecified atom stereocenters. The smallest absolute Gasteiger partial charge is 0.341 e. The minimum Gasteiger partial charge on any atom is -0.459 e. The predicted molar refractivity (Wildman–Crippen MR) is 113 cm³/mol. The van der Waals surface area contributed by atoms with Crippen molar-refractivity contribution in [3.8, 4) is 0 Å². The number of fused-ring (bicyclic) bond motifs is 3. The summed E-state index contributed by atoms with van der Waals surface area (Å²) in [6.45, 7) is 7.30. The molecule has 0 saturated heterocycles. The average molecular weight is 475 g/mol. The van der Waals surface area contributed by atoms with Crippen molar-refractivity contribution in [2.75, 3.05) is 5.32 Å². The Balaban J connectivity index is 2.06. The molecule has 3 N–H and O–H groups in total. The fourth-order valence-corrected chi connectivity index (χ4v) is 4.92. The van der Waals surface area contributed by atoms with E-state index in [1.165, 1.54) is 0 Å². The molecule has 1 aromatic carbocycles. The molecular weight excluding hydrogens is 452 g/mol. The highest BCUT2D eigenvalue weighted by Gasteiger charge is 2.62. The van der Waals surface area contributed by atoms with E-state index in [0.717, 1.165) is 0 Å². The summed E-state index contributed by atoms with van der Waals surface area (Å²) in [5.74, 6) is -1.43. The number of Topliss-reactive ketones (excluding diaryl/α,β-unsaturated/α-hetero) is 1. The number of halogens is 1. The Morgan fingerprint density at radius 3 is 2.63 bits per heavy atom. The maximum Gasteiger partial charge on any atom is 0.341 e. The summed E-state index contributed by atoms with van der Waals surface area (Å²) in [7, 11) is 0. The Bertz CT molecular complexity index is 1070. The molecule has 30 heavy (non-hydrogen) atoms. The second kappa shape index (κ2) is 6.70. The van der Waals surface area contributed by atoms with Crippen molar-refractivity contribution < 1.29 is 23.9 Å². The van der Waals surface area contributed by atoms with Gasteiger partial charge in [-0.15, -0.1) is 0 Å². The van der Waals surface area contributed by atoms with Gasteiger partial charge >= 0.3 is 5.97 Å². The number of amides is 1. The number of nitrogens with two attached hydrogens (primary N) is 1. The van der Waals surface area contributed by atoms with Crippen LogP contribution in [0.15, 0.2) is 45.5 Å². The first kappa shape index (κ1) is 20.7. The highest BCUT2D eigenvalue weighted by Crippen LogP contribution is 2.56. The van der Waals surface area contributed by atoms with Crippen LogP contribution in [-0.4, -0.2) is 23.8 Å². The maximum absolute atomic E-state index is 13.6. The van der Waals surface area contributed by atoms with Crippen LogP contribution in [0, 0.1) is 5.41 Å². The van der Waals surface area contributed by atoms with Crippen molar-refractivity contribution in [3.63, 3.8) is 0 Å². The molecule has 1 aliphatic carbocycles. The van der Waals surface area contributed by atoms with Crippen LogP contribution >= 0.6 is 15.9 Å². The Kier molecular flexibility index (Phi) is 4.61. The lowest BCUT2D eigenvalue weighted by Crippen LogP contribution is -2.50. The minimum atomic E-state index is -1.71. The zero-order valence-electron chi connectivity index (χ0n) is 17.2. The van der Waals surface area contributed by atoms with Crippen LogP contribution in [-0.2, 0) is 29.3 Å². The lowest BCUT2D eigenvalue weighted by Gasteiger charge is -2.42. The fraction of sp³-hybridized carbons (Fsp3) is 0.409. The molecule has 1 atom stereocenters. The number of esters is 1. The number of ketones is 1. The van der Waals surface area contributed by atoms with Gasteiger partial charge in [-0.3, -0.25) is 9.59 Å². The van der Waals surface area contributed by atoms with Crippen molar-refractivity contribution in [2.24, 2.45) is 11.1 Å². The molecule has 8 heteroatoms. The Morgan fingerprint density at radius 1 is 1.27 bits per heavy atom. The number of nitrogens with one attached hydrogen (secondary N) is 1. The second-order valence-corrected chi connectivity index (χ2v) is 9.84. The molecule has 0 fully saturated rings. The number of allylic oxidation sites excluding steroid dienone is 1. The summed E-state index contributed by atoms with van der Waals surface area (Å²) >= 11 is 3.43. The third-order valence-electron chi connectivity index (χ3n) is 5.59. The summed E-state index contributed by atoms with van der Waals surface area (Å²) in [5, 5.41) is 2.82. The topological polar surface area (TPSA) is 108 Å². The van der Waals surface area contributed by atoms with Crippen molar-refractivity contribution >= 4 is 39.3 Å². The number of anilines is 1. The highest BCUT2D eigenvalue weighted by atomic mass is 79.9. The van der Waals surface area contributed by atoms with Gasteiger partial charge < -0.3 is 20.5 Å². The Labute approximate surface area is 182 Å². The standard InChI is InChI=1S/C22H23BrN2O5/c1-10(2)29-19(27)17-18(24)30-15-9-21(3,4)8-14(26)16(15)22(17)12-7-11(23)5-6-13(12)25-20(22)28/h5-7,10H,8-9,24H2,1-4H3,(H,25,28)/t22-/m0/s1. The number of carbonyl (C=O) groups is 3. The third-order valence-corrected chi connectivity index (χ3v) is 6.08. The molecule has 0 bridgehead atoms. The molecule has 7 nitrogen and oxygen atoms in total. The van der Waals surface area contributed by atoms with Crippen molar-refractivity contribution in [2.45, 2.75) is 52.1 Å². The van der Waals surface area contributed by atoms with E-state index in [-0.39, 0.29) is 34.6 Å². The third kappa shape index (κ3) is 2.88. The van der Waals surface area contributed by atoms with Crippen LogP contribution < -0.4 is 11.1 Å². The molecule has 0 saturated carbocycles. The highest BCUT2D eigenvalue weighted by molar-refractivity contribution is 9.10. The van der Waals surface area contributed by atoms with E-state index in [4.69, 9.17) is 15.2 Å². The molecule has 1 amide bonds. The lowest BCUT2D eigenvalue weighted by atomic mass is 9.62. The molecule has 1 spiro atoms. The summed E-state index contributed by atoms with van der Waals surface area (Å²) in [5.41, 5.74) is 5.16. The van der Waals surface area contributed by atoms with Gasteiger partial charge in [-0.1, -0.05) is 29.8 Å². The first-order chi connectivity index (χ1) is 14.0. The number of ether oxygens (including phenoxy) is 2. The summed E-state index contributed by atoms with van der Waals surface area (Å²) in [6.07, 6.45) is 0.192. The first-order valence-electron chi connectivity index (χ1n) is 9.75. The van der Waals surface area contributed by atoms with Crippen molar-refractivity contribution in [3.05, 3.63) is 51.0 Å². The summed E-state index contributed by atoms with van der Waals surface area (Å²) in [4.78, 5) is 40.1. The van der Waals surface area contributed by atoms with Gasteiger partial charge in [0.15, 0.2) is 5.78 Å². The van der Waals surface area contributed by atoms with Crippen molar-refractivity contribution in [1.29, 1.82) is 0 Å². The van der Waals surface area contributed by atoms with Gasteiger partial charge in [-0.25, -0.2) is 4.79 Å². The van der Waals surface area contributed by atoms with Crippen LogP contribution in [0.25, 0.3) is 0 Å². The molecule has 4 rings (SSSR count). The largest absolute Gasteiger partial charge is 0.459 e. The number of hydrogen-bond donors (Lipinski definition) is 2. The van der Waals surface area contributed by atoms with E-state index in [1.54, 1.807) is 32.0 Å². The van der Waals surface area contributed by atoms with Crippen LogP contribution in [0.1, 0.15) is 46.1 Å². The van der Waals surface area contributed by atoms with E-state index in [9.17, 15) is 14.4 Å². The second-order valence-electron chi connectivity index (χ2n) is 8.93. The normalized spacial score (nSPS) is 24.6. The van der Waals surface area contributed by atoms with E-state index >= 15 is 0 Å². The Morgan fingerprint density at radius 2 is 1.97 bits per heavy atom. The van der Waals surface area contributed by atoms with Gasteiger partial charge in [0.2, 0.25) is 11.8 Å². The average Bonchev–Trinajstić information content (AvgIpc) is 2.85. The molecule has 2 heterocycles. The predicted octanol–water partition coefficient (Wildman–Crippen LogP) is 3.43. The SMILES string of the molecule is CC(C)OC(=O)C1=C(N)OC2=C(C(=O)CC(C)(C)C2)[C@]12C(=O)Nc1ccc(Br)cc12. The summed E-state index contributed by atoms with van der Waals surface area (Å²) in [6, 6.07) is 5.23. The maximum atomic E-state index is 13.6. The van der Waals surface area contributed by atoms with Gasteiger partial charge in [0.25, 0.3) is 0 Å². The number of benzene rings is 1. The monoisotopic (exact) mass is 474 g/mol. The molecule has 158 valence electrons. The fourth-order valence-electron chi connectivity index (χ4n) is 4.56. The zero-order valence-corrected chi connectivity index (χ0v) is 18.8. The van der Waals surface area contributed by atoms with Gasteiger partial charge in [0.05, 0.1) is 11.7 Å². The molecular formula is C22H23BrN2O5. The molecule has 2 aliphatic heterocycles. The van der Waals surface area contributed by atoms with E-state index in [1.807, 2.05) is 13.8 Å². The quantitative estimate of drug-likeness (QED) is 0.635. The first-order valence-corrected chi connectivity index (χ1v) is 10.5. The van der Waals surface area contributed by atoms with Gasteiger partial charge in [-0.2, -0.15) is 0 Å². The van der Waals surface area contributed by atoms with Crippen LogP contribution in [0.2, 0.25) is 0 Å². The van der Waals surface area contributed by atoms with Gasteiger partial charge in [0, 0.05) is 28.6 Å². The van der Waals surface area contributed by atoms with Gasteiger partial charge in [0.1, 0.15) is 16.7 Å². The van der Waals surface area contributed by atoms with Crippen LogP contribution in [0.3, 0.4) is 0 Å². The number of carbonyl (C=O) groups excluding carboxylic acids is 3. The van der Waals surface area contributed by atoms with E-state index < -0.39 is 23.4 Å². The molecule has 1 aromatic rings. The van der Waals surface area contributed by atoms with Gasteiger partial charge in [-0.05, 0) is 37.5 Å². The van der Waals surface area contributed by atoms with Crippen molar-refractivity contribution in [1.82, 2.24) is 0 Å². The van der Waals surface area contributed by atoms with Crippen LogP contribution in [0.4, 0.5) is 5.69 Å². The molecule has 0 radical (unpaired) electrons. The van der Waals surface area contributed by atoms with E-state index in [2.05, 4.69) is 21.2 Å². The molecule has 3 aliphatic rings.